The largest absolute Gasteiger partial charge is 0.192 e. The number of nitriles is 2. The van der Waals surface area contributed by atoms with Crippen molar-refractivity contribution >= 4 is 0 Å². The Bertz CT molecular complexity index is 1350. The maximum Gasteiger partial charge on any atom is 0.0991 e. The third-order valence-electron chi connectivity index (χ3n) is 7.49. The fourth-order valence-electron chi connectivity index (χ4n) is 4.89. The summed E-state index contributed by atoms with van der Waals surface area (Å²) in [6.45, 7) is 4.49. The van der Waals surface area contributed by atoms with E-state index in [-0.39, 0.29) is 0 Å². The van der Waals surface area contributed by atoms with Crippen LogP contribution in [0.1, 0.15) is 93.9 Å². The van der Waals surface area contributed by atoms with Crippen molar-refractivity contribution in [3.63, 3.8) is 0 Å². The lowest BCUT2D eigenvalue weighted by molar-refractivity contribution is 0.632. The Balaban J connectivity index is 0.000000226. The molecule has 4 rings (SSSR count). The highest BCUT2D eigenvalue weighted by atomic mass is 14.2. The minimum absolute atomic E-state index is 0.710. The van der Waals surface area contributed by atoms with E-state index in [9.17, 15) is 0 Å². The SMILES string of the molecule is CCCCCCCc1ccc(-c2ccc(C#N)cc2)cc1.CCCCCCc1ccc(-c2ccc(C#N)cc2)cc1. The van der Waals surface area contributed by atoms with E-state index >= 15 is 0 Å². The molecule has 4 aromatic rings. The quantitative estimate of drug-likeness (QED) is 0.158. The Labute approximate surface area is 248 Å². The van der Waals surface area contributed by atoms with Crippen LogP contribution in [0.5, 0.6) is 0 Å². The molecular formula is C39H44N2. The van der Waals surface area contributed by atoms with Crippen molar-refractivity contribution in [3.05, 3.63) is 119 Å². The Hall–Kier alpha value is -4.14. The first-order valence-corrected chi connectivity index (χ1v) is 15.4. The fourth-order valence-corrected chi connectivity index (χ4v) is 4.89. The van der Waals surface area contributed by atoms with Crippen LogP contribution in [0.3, 0.4) is 0 Å². The van der Waals surface area contributed by atoms with Gasteiger partial charge in [0.2, 0.25) is 0 Å². The van der Waals surface area contributed by atoms with Gasteiger partial charge in [-0.1, -0.05) is 132 Å². The van der Waals surface area contributed by atoms with E-state index in [2.05, 4.69) is 74.5 Å². The zero-order chi connectivity index (χ0) is 29.1. The van der Waals surface area contributed by atoms with Crippen LogP contribution in [0.2, 0.25) is 0 Å². The number of benzene rings is 4. The van der Waals surface area contributed by atoms with Crippen LogP contribution in [-0.4, -0.2) is 0 Å². The van der Waals surface area contributed by atoms with Gasteiger partial charge in [-0.2, -0.15) is 10.5 Å². The van der Waals surface area contributed by atoms with Crippen molar-refractivity contribution in [1.82, 2.24) is 0 Å². The van der Waals surface area contributed by atoms with Crippen molar-refractivity contribution < 1.29 is 0 Å². The molecule has 0 aromatic heterocycles. The molecule has 0 radical (unpaired) electrons. The second-order valence-electron chi connectivity index (χ2n) is 10.7. The molecule has 0 bridgehead atoms. The van der Waals surface area contributed by atoms with Crippen LogP contribution >= 0.6 is 0 Å². The Kier molecular flexibility index (Phi) is 14.0. The van der Waals surface area contributed by atoms with Crippen molar-refractivity contribution in [2.24, 2.45) is 0 Å². The molecule has 0 aliphatic carbocycles. The van der Waals surface area contributed by atoms with E-state index in [1.807, 2.05) is 48.5 Å². The van der Waals surface area contributed by atoms with Crippen LogP contribution in [0, 0.1) is 22.7 Å². The molecule has 0 amide bonds. The first kappa shape index (κ1) is 31.4. The van der Waals surface area contributed by atoms with Crippen LogP contribution < -0.4 is 0 Å². The summed E-state index contributed by atoms with van der Waals surface area (Å²) < 4.78 is 0. The first-order valence-electron chi connectivity index (χ1n) is 15.4. The van der Waals surface area contributed by atoms with Crippen molar-refractivity contribution in [2.75, 3.05) is 0 Å². The number of unbranched alkanes of at least 4 members (excludes halogenated alkanes) is 7. The summed E-state index contributed by atoms with van der Waals surface area (Å²) in [7, 11) is 0. The van der Waals surface area contributed by atoms with E-state index in [1.54, 1.807) is 0 Å². The van der Waals surface area contributed by atoms with E-state index in [4.69, 9.17) is 10.5 Å². The lowest BCUT2D eigenvalue weighted by atomic mass is 10.0. The second kappa shape index (κ2) is 18.3. The molecule has 0 heterocycles. The van der Waals surface area contributed by atoms with Crippen LogP contribution in [0.4, 0.5) is 0 Å². The molecule has 0 unspecified atom stereocenters. The summed E-state index contributed by atoms with van der Waals surface area (Å²) in [6, 6.07) is 37.4. The molecule has 2 nitrogen and oxygen atoms in total. The van der Waals surface area contributed by atoms with Gasteiger partial charge in [0.15, 0.2) is 0 Å². The topological polar surface area (TPSA) is 47.6 Å². The predicted octanol–water partition coefficient (Wildman–Crippen LogP) is 11.1. The number of aryl methyl sites for hydroxylation is 2. The van der Waals surface area contributed by atoms with Crippen molar-refractivity contribution in [3.8, 4) is 34.4 Å². The van der Waals surface area contributed by atoms with Crippen LogP contribution in [0.25, 0.3) is 22.3 Å². The van der Waals surface area contributed by atoms with E-state index < -0.39 is 0 Å². The minimum Gasteiger partial charge on any atom is -0.192 e. The van der Waals surface area contributed by atoms with Gasteiger partial charge < -0.3 is 0 Å². The lowest BCUT2D eigenvalue weighted by Gasteiger charge is -2.05. The average molecular weight is 541 g/mol. The molecule has 0 aliphatic rings. The van der Waals surface area contributed by atoms with Gasteiger partial charge in [-0.15, -0.1) is 0 Å². The summed E-state index contributed by atoms with van der Waals surface area (Å²) in [4.78, 5) is 0. The highest BCUT2D eigenvalue weighted by Crippen LogP contribution is 2.22. The summed E-state index contributed by atoms with van der Waals surface area (Å²) in [5.41, 5.74) is 9.03. The van der Waals surface area contributed by atoms with Gasteiger partial charge in [-0.05, 0) is 83.3 Å². The molecule has 0 atom stereocenters. The van der Waals surface area contributed by atoms with Crippen LogP contribution in [-0.2, 0) is 12.8 Å². The van der Waals surface area contributed by atoms with E-state index in [0.717, 1.165) is 0 Å². The van der Waals surface area contributed by atoms with Gasteiger partial charge >= 0.3 is 0 Å². The third-order valence-corrected chi connectivity index (χ3v) is 7.49. The highest BCUT2D eigenvalue weighted by Gasteiger charge is 2.01. The highest BCUT2D eigenvalue weighted by molar-refractivity contribution is 5.65. The second-order valence-corrected chi connectivity index (χ2v) is 10.7. The summed E-state index contributed by atoms with van der Waals surface area (Å²) >= 11 is 0. The van der Waals surface area contributed by atoms with Crippen LogP contribution in [0.15, 0.2) is 97.1 Å². The summed E-state index contributed by atoms with van der Waals surface area (Å²) in [5, 5.41) is 17.6. The zero-order valence-electron chi connectivity index (χ0n) is 24.9. The smallest absolute Gasteiger partial charge is 0.0991 e. The van der Waals surface area contributed by atoms with Gasteiger partial charge in [0, 0.05) is 0 Å². The van der Waals surface area contributed by atoms with Gasteiger partial charge in [0.05, 0.1) is 23.3 Å². The minimum atomic E-state index is 0.710. The molecule has 41 heavy (non-hydrogen) atoms. The Morgan fingerprint density at radius 2 is 0.683 bits per heavy atom. The van der Waals surface area contributed by atoms with Crippen molar-refractivity contribution in [1.29, 1.82) is 10.5 Å². The van der Waals surface area contributed by atoms with E-state index in [0.29, 0.717) is 11.1 Å². The molecule has 210 valence electrons. The first-order chi connectivity index (χ1) is 20.2. The predicted molar refractivity (Wildman–Crippen MR) is 173 cm³/mol. The number of hydrogen-bond acceptors (Lipinski definition) is 2. The maximum absolute atomic E-state index is 8.82. The fraction of sp³-hybridized carbons (Fsp3) is 0.333. The van der Waals surface area contributed by atoms with Gasteiger partial charge in [-0.3, -0.25) is 0 Å². The van der Waals surface area contributed by atoms with Gasteiger partial charge in [0.25, 0.3) is 0 Å². The molecule has 2 heteroatoms. The Morgan fingerprint density at radius 3 is 1.00 bits per heavy atom. The monoisotopic (exact) mass is 540 g/mol. The summed E-state index contributed by atoms with van der Waals surface area (Å²) in [6.07, 6.45) is 14.2. The zero-order valence-corrected chi connectivity index (χ0v) is 24.9. The van der Waals surface area contributed by atoms with Gasteiger partial charge in [-0.25, -0.2) is 0 Å². The van der Waals surface area contributed by atoms with Crippen molar-refractivity contribution in [2.45, 2.75) is 84.5 Å². The van der Waals surface area contributed by atoms with E-state index in [1.165, 1.54) is 104 Å². The molecule has 4 aromatic carbocycles. The maximum atomic E-state index is 8.82. The normalized spacial score (nSPS) is 10.2. The average Bonchev–Trinajstić information content (AvgIpc) is 3.04. The number of rotatable bonds is 13. The molecule has 0 saturated heterocycles. The molecular weight excluding hydrogens is 496 g/mol. The number of nitrogens with zero attached hydrogens (tertiary/aromatic N) is 2. The molecule has 0 aliphatic heterocycles. The summed E-state index contributed by atoms with van der Waals surface area (Å²) in [5.74, 6) is 0. The third kappa shape index (κ3) is 11.1. The molecule has 0 N–H and O–H groups in total. The van der Waals surface area contributed by atoms with Gasteiger partial charge in [0.1, 0.15) is 0 Å². The molecule has 0 saturated carbocycles. The lowest BCUT2D eigenvalue weighted by Crippen LogP contribution is -1.87. The molecule has 0 spiro atoms. The molecule has 0 fully saturated rings. The standard InChI is InChI=1S/C20H23N.C19H21N/c1-2-3-4-5-6-7-17-8-12-19(13-9-17)20-14-10-18(16-21)11-15-20;1-2-3-4-5-6-16-7-11-18(12-8-16)19-13-9-17(15-20)10-14-19/h8-15H,2-7H2,1H3;7-14H,2-6H2,1H3. The number of hydrogen-bond donors (Lipinski definition) is 0. The Morgan fingerprint density at radius 1 is 0.390 bits per heavy atom.